The van der Waals surface area contributed by atoms with Crippen molar-refractivity contribution >= 4 is 17.2 Å². The molecule has 1 aliphatic heterocycles. The number of nitrogens with one attached hydrogen (secondary N) is 1. The number of rotatable bonds is 11. The summed E-state index contributed by atoms with van der Waals surface area (Å²) < 4.78 is 6.23. The Kier molecular flexibility index (Phi) is 8.07. The van der Waals surface area contributed by atoms with Crippen molar-refractivity contribution in [3.05, 3.63) is 57.8 Å². The molecule has 0 bridgehead atoms. The van der Waals surface area contributed by atoms with Gasteiger partial charge in [-0.15, -0.1) is 11.3 Å². The molecule has 1 aromatic carbocycles. The van der Waals surface area contributed by atoms with Gasteiger partial charge in [-0.05, 0) is 35.4 Å². The Bertz CT molecular complexity index is 714. The molecule has 28 heavy (non-hydrogen) atoms. The lowest BCUT2D eigenvalue weighted by Gasteiger charge is -2.20. The van der Waals surface area contributed by atoms with Crippen molar-refractivity contribution in [3.8, 4) is 0 Å². The average molecular weight is 402 g/mol. The second kappa shape index (κ2) is 10.7. The van der Waals surface area contributed by atoms with Crippen LogP contribution in [0.2, 0.25) is 0 Å². The van der Waals surface area contributed by atoms with Crippen LogP contribution in [0.3, 0.4) is 0 Å². The summed E-state index contributed by atoms with van der Waals surface area (Å²) in [6.07, 6.45) is 6.36. The van der Waals surface area contributed by atoms with Gasteiger partial charge < -0.3 is 15.2 Å². The van der Waals surface area contributed by atoms with Gasteiger partial charge in [0.15, 0.2) is 0 Å². The Balaban J connectivity index is 1.62. The highest BCUT2D eigenvalue weighted by Gasteiger charge is 2.24. The molecule has 2 aromatic rings. The van der Waals surface area contributed by atoms with Gasteiger partial charge in [-0.2, -0.15) is 0 Å². The summed E-state index contributed by atoms with van der Waals surface area (Å²) in [5.74, 6) is 0.110. The number of hydrogen-bond donors (Lipinski definition) is 2. The smallest absolute Gasteiger partial charge is 0.220 e. The highest BCUT2D eigenvalue weighted by Crippen LogP contribution is 2.31. The lowest BCUT2D eigenvalue weighted by Crippen LogP contribution is -2.30. The molecule has 4 nitrogen and oxygen atoms in total. The van der Waals surface area contributed by atoms with E-state index in [9.17, 15) is 9.90 Å². The molecule has 3 atom stereocenters. The number of hydrogen-bond acceptors (Lipinski definition) is 4. The summed E-state index contributed by atoms with van der Waals surface area (Å²) in [7, 11) is 0. The van der Waals surface area contributed by atoms with E-state index >= 15 is 0 Å². The topological polar surface area (TPSA) is 58.6 Å². The quantitative estimate of drug-likeness (QED) is 0.513. The second-order valence-electron chi connectivity index (χ2n) is 7.56. The second-order valence-corrected chi connectivity index (χ2v) is 8.54. The first kappa shape index (κ1) is 21.0. The van der Waals surface area contributed by atoms with Crippen molar-refractivity contribution in [3.63, 3.8) is 0 Å². The molecule has 2 unspecified atom stereocenters. The molecule has 5 heteroatoms. The number of carbonyl (C=O) groups is 1. The molecular formula is C23H31NO3S. The van der Waals surface area contributed by atoms with Gasteiger partial charge in [-0.25, -0.2) is 0 Å². The number of carbonyl (C=O) groups excluding carboxylic acids is 1. The van der Waals surface area contributed by atoms with E-state index < -0.39 is 6.10 Å². The first-order chi connectivity index (χ1) is 13.7. The van der Waals surface area contributed by atoms with Crippen LogP contribution < -0.4 is 5.32 Å². The zero-order valence-corrected chi connectivity index (χ0v) is 17.4. The summed E-state index contributed by atoms with van der Waals surface area (Å²) in [6.45, 7) is 2.71. The SMILES string of the molecule is CCCCCCC(O)c1ccc([C@@H](OCC2CCC(=O)N2)c2cccs2)cc1. The van der Waals surface area contributed by atoms with Gasteiger partial charge in [0.05, 0.1) is 18.8 Å². The van der Waals surface area contributed by atoms with Crippen molar-refractivity contribution in [1.82, 2.24) is 5.32 Å². The minimum absolute atomic E-state index is 0.0965. The zero-order chi connectivity index (χ0) is 19.8. The van der Waals surface area contributed by atoms with Crippen LogP contribution in [0, 0.1) is 0 Å². The Morgan fingerprint density at radius 1 is 1.18 bits per heavy atom. The lowest BCUT2D eigenvalue weighted by atomic mass is 9.99. The van der Waals surface area contributed by atoms with Gasteiger partial charge in [0, 0.05) is 11.3 Å². The maximum Gasteiger partial charge on any atom is 0.220 e. The molecule has 0 radical (unpaired) electrons. The number of benzene rings is 1. The monoisotopic (exact) mass is 401 g/mol. The fraction of sp³-hybridized carbons (Fsp3) is 0.522. The van der Waals surface area contributed by atoms with Gasteiger partial charge in [0.2, 0.25) is 5.91 Å². The molecule has 2 N–H and O–H groups in total. The highest BCUT2D eigenvalue weighted by atomic mass is 32.1. The third-order valence-electron chi connectivity index (χ3n) is 5.31. The molecule has 1 aliphatic rings. The molecule has 1 amide bonds. The molecule has 0 aliphatic carbocycles. The fourth-order valence-corrected chi connectivity index (χ4v) is 4.42. The molecule has 1 saturated heterocycles. The largest absolute Gasteiger partial charge is 0.388 e. The minimum atomic E-state index is -0.402. The van der Waals surface area contributed by atoms with Crippen LogP contribution in [0.5, 0.6) is 0 Å². The lowest BCUT2D eigenvalue weighted by molar-refractivity contribution is -0.119. The van der Waals surface area contributed by atoms with Gasteiger partial charge in [0.25, 0.3) is 0 Å². The third kappa shape index (κ3) is 5.90. The Morgan fingerprint density at radius 3 is 2.61 bits per heavy atom. The number of aliphatic hydroxyl groups excluding tert-OH is 1. The number of aliphatic hydroxyl groups is 1. The summed E-state index contributed by atoms with van der Waals surface area (Å²) in [5, 5.41) is 15.5. The Labute approximate surface area is 171 Å². The predicted octanol–water partition coefficient (Wildman–Crippen LogP) is 5.14. The van der Waals surface area contributed by atoms with Crippen molar-refractivity contribution in [2.24, 2.45) is 0 Å². The summed E-state index contributed by atoms with van der Waals surface area (Å²) >= 11 is 1.67. The van der Waals surface area contributed by atoms with Crippen LogP contribution in [-0.4, -0.2) is 23.7 Å². The van der Waals surface area contributed by atoms with E-state index in [4.69, 9.17) is 4.74 Å². The number of unbranched alkanes of at least 4 members (excludes halogenated alkanes) is 3. The summed E-state index contributed by atoms with van der Waals surface area (Å²) in [6, 6.07) is 12.4. The Morgan fingerprint density at radius 2 is 1.96 bits per heavy atom. The van der Waals surface area contributed by atoms with Crippen molar-refractivity contribution < 1.29 is 14.6 Å². The van der Waals surface area contributed by atoms with Crippen LogP contribution in [-0.2, 0) is 9.53 Å². The van der Waals surface area contributed by atoms with Gasteiger partial charge in [-0.3, -0.25) is 4.79 Å². The molecule has 0 saturated carbocycles. The molecule has 1 aromatic heterocycles. The van der Waals surface area contributed by atoms with Crippen LogP contribution in [0.4, 0.5) is 0 Å². The van der Waals surface area contributed by atoms with Crippen LogP contribution in [0.25, 0.3) is 0 Å². The molecule has 3 rings (SSSR count). The summed E-state index contributed by atoms with van der Waals surface area (Å²) in [5.41, 5.74) is 2.04. The zero-order valence-electron chi connectivity index (χ0n) is 16.6. The number of ether oxygens (including phenoxy) is 1. The van der Waals surface area contributed by atoms with Gasteiger partial charge >= 0.3 is 0 Å². The first-order valence-electron chi connectivity index (χ1n) is 10.4. The standard InChI is InChI=1S/C23H31NO3S/c1-2-3-4-5-7-20(25)17-9-11-18(12-10-17)23(21-8-6-15-28-21)27-16-19-13-14-22(26)24-19/h6,8-12,15,19-20,23,25H,2-5,7,13-14,16H2,1H3,(H,24,26)/t19?,20?,23-/m1/s1. The molecule has 0 spiro atoms. The van der Waals surface area contributed by atoms with E-state index in [1.807, 2.05) is 18.2 Å². The van der Waals surface area contributed by atoms with Crippen molar-refractivity contribution in [1.29, 1.82) is 0 Å². The third-order valence-corrected chi connectivity index (χ3v) is 6.22. The molecule has 152 valence electrons. The number of amides is 1. The molecular weight excluding hydrogens is 370 g/mol. The van der Waals surface area contributed by atoms with Crippen LogP contribution in [0.15, 0.2) is 41.8 Å². The first-order valence-corrected chi connectivity index (χ1v) is 11.3. The van der Waals surface area contributed by atoms with E-state index in [0.717, 1.165) is 35.3 Å². The maximum atomic E-state index is 11.4. The van der Waals surface area contributed by atoms with Gasteiger partial charge in [0.1, 0.15) is 6.10 Å². The van der Waals surface area contributed by atoms with E-state index in [-0.39, 0.29) is 18.1 Å². The van der Waals surface area contributed by atoms with E-state index in [0.29, 0.717) is 13.0 Å². The van der Waals surface area contributed by atoms with E-state index in [2.05, 4.69) is 35.8 Å². The van der Waals surface area contributed by atoms with Crippen LogP contribution in [0.1, 0.15) is 80.1 Å². The van der Waals surface area contributed by atoms with Crippen molar-refractivity contribution in [2.75, 3.05) is 6.61 Å². The minimum Gasteiger partial charge on any atom is -0.388 e. The Hall–Kier alpha value is -1.69. The number of thiophene rings is 1. The maximum absolute atomic E-state index is 11.4. The fourth-order valence-electron chi connectivity index (χ4n) is 3.62. The normalized spacial score (nSPS) is 18.8. The summed E-state index contributed by atoms with van der Waals surface area (Å²) in [4.78, 5) is 12.6. The molecule has 1 fully saturated rings. The van der Waals surface area contributed by atoms with Crippen LogP contribution >= 0.6 is 11.3 Å². The van der Waals surface area contributed by atoms with Gasteiger partial charge in [-0.1, -0.05) is 62.9 Å². The van der Waals surface area contributed by atoms with E-state index in [1.165, 1.54) is 19.3 Å². The molecule has 2 heterocycles. The predicted molar refractivity (Wildman–Crippen MR) is 113 cm³/mol. The van der Waals surface area contributed by atoms with E-state index in [1.54, 1.807) is 11.3 Å². The van der Waals surface area contributed by atoms with Crippen molar-refractivity contribution in [2.45, 2.75) is 70.1 Å². The average Bonchev–Trinajstić information content (AvgIpc) is 3.38. The highest BCUT2D eigenvalue weighted by molar-refractivity contribution is 7.10.